The molecule has 0 heterocycles. The molecule has 3 aromatic rings. The maximum absolute atomic E-state index is 14.8. The molecule has 0 saturated heterocycles. The number of rotatable bonds is 8. The minimum atomic E-state index is -1.57. The zero-order chi connectivity index (χ0) is 28.8. The van der Waals surface area contributed by atoms with Gasteiger partial charge >= 0.3 is 0 Å². The lowest BCUT2D eigenvalue weighted by atomic mass is 9.97. The molecule has 1 aliphatic rings. The molecule has 2 atom stereocenters. The molecule has 0 spiro atoms. The van der Waals surface area contributed by atoms with Crippen LogP contribution in [0.4, 0.5) is 23.2 Å². The molecule has 3 aromatic carbocycles. The lowest BCUT2D eigenvalue weighted by Crippen LogP contribution is -2.18. The predicted molar refractivity (Wildman–Crippen MR) is 141 cm³/mol. The first-order valence-corrected chi connectivity index (χ1v) is 12.8. The van der Waals surface area contributed by atoms with E-state index in [0.29, 0.717) is 11.6 Å². The Labute approximate surface area is 240 Å². The molecule has 0 aromatic heterocycles. The van der Waals surface area contributed by atoms with Crippen LogP contribution in [-0.2, 0) is 22.4 Å². The predicted octanol–water partition coefficient (Wildman–Crippen LogP) is 7.63. The second-order valence-corrected chi connectivity index (χ2v) is 11.3. The van der Waals surface area contributed by atoms with Gasteiger partial charge in [-0.1, -0.05) is 35.3 Å². The maximum Gasteiger partial charge on any atom is 0.231 e. The molecule has 0 bridgehead atoms. The minimum Gasteiger partial charge on any atom is -0.326 e. The number of carbonyl (C=O) groups is 3. The monoisotopic (exact) mass is 619 g/mol. The average molecular weight is 621 g/mol. The van der Waals surface area contributed by atoms with Crippen molar-refractivity contribution in [1.29, 1.82) is 0 Å². The van der Waals surface area contributed by atoms with E-state index in [9.17, 15) is 31.9 Å². The fraction of sp³-hybridized carbons (Fsp3) is 0.222. The fourth-order valence-corrected chi connectivity index (χ4v) is 5.46. The number of benzene rings is 3. The van der Waals surface area contributed by atoms with Gasteiger partial charge in [0.1, 0.15) is 21.8 Å². The summed E-state index contributed by atoms with van der Waals surface area (Å²) in [5.74, 6) is -9.31. The van der Waals surface area contributed by atoms with E-state index in [1.54, 1.807) is 6.07 Å². The normalized spacial score (nSPS) is 17.6. The molecule has 204 valence electrons. The molecule has 4 rings (SSSR count). The number of hydrogen-bond donors (Lipinski definition) is 1. The van der Waals surface area contributed by atoms with E-state index in [4.69, 9.17) is 46.4 Å². The molecule has 1 amide bonds. The number of nitrogens with one attached hydrogen (secondary N) is 1. The highest BCUT2D eigenvalue weighted by atomic mass is 35.5. The Morgan fingerprint density at radius 3 is 2.21 bits per heavy atom. The molecule has 0 aliphatic heterocycles. The molecule has 39 heavy (non-hydrogen) atoms. The van der Waals surface area contributed by atoms with Crippen molar-refractivity contribution in [3.05, 3.63) is 98.0 Å². The standard InChI is InChI=1S/C27H17Cl4F4NO3/c1-11(37)6-13-3-5-19(32)15(24(13)34)10-21(38)16-8-14(9-20(33)25(16)35)36-26(39)23-22(27(23,30)31)12-2-4-17(28)18(29)7-12/h2-5,7-9,22-23H,6,10H2,1H3,(H,36,39)/t22-,23+/m0/s1. The number of hydrogen-bond acceptors (Lipinski definition) is 3. The molecule has 12 heteroatoms. The first kappa shape index (κ1) is 29.3. The second kappa shape index (κ2) is 11.1. The Kier molecular flexibility index (Phi) is 8.34. The molecule has 1 saturated carbocycles. The van der Waals surface area contributed by atoms with Crippen molar-refractivity contribution in [2.45, 2.75) is 30.0 Å². The summed E-state index contributed by atoms with van der Waals surface area (Å²) in [4.78, 5) is 37.1. The summed E-state index contributed by atoms with van der Waals surface area (Å²) in [6, 6.07) is 8.01. The molecular weight excluding hydrogens is 604 g/mol. The Bertz CT molecular complexity index is 1530. The number of halogens is 8. The molecular formula is C27H17Cl4F4NO3. The van der Waals surface area contributed by atoms with Crippen LogP contribution in [0, 0.1) is 29.2 Å². The van der Waals surface area contributed by atoms with Gasteiger partial charge in [-0.25, -0.2) is 17.6 Å². The molecule has 4 nitrogen and oxygen atoms in total. The summed E-state index contributed by atoms with van der Waals surface area (Å²) in [6.45, 7) is 1.21. The van der Waals surface area contributed by atoms with E-state index in [1.165, 1.54) is 19.1 Å². The third kappa shape index (κ3) is 5.94. The zero-order valence-corrected chi connectivity index (χ0v) is 22.9. The van der Waals surface area contributed by atoms with Gasteiger partial charge in [0.25, 0.3) is 0 Å². The van der Waals surface area contributed by atoms with Crippen molar-refractivity contribution in [3.8, 4) is 0 Å². The topological polar surface area (TPSA) is 63.2 Å². The fourth-order valence-electron chi connectivity index (χ4n) is 4.33. The van der Waals surface area contributed by atoms with Crippen LogP contribution in [0.1, 0.15) is 39.9 Å². The van der Waals surface area contributed by atoms with Crippen molar-refractivity contribution >= 4 is 69.6 Å². The highest BCUT2D eigenvalue weighted by Crippen LogP contribution is 2.65. The number of alkyl halides is 2. The van der Waals surface area contributed by atoms with E-state index < -0.39 is 74.5 Å². The lowest BCUT2D eigenvalue weighted by Gasteiger charge is -2.11. The molecule has 1 N–H and O–H groups in total. The van der Waals surface area contributed by atoms with Crippen LogP contribution in [0.5, 0.6) is 0 Å². The van der Waals surface area contributed by atoms with E-state index in [1.807, 2.05) is 0 Å². The van der Waals surface area contributed by atoms with E-state index >= 15 is 0 Å². The van der Waals surface area contributed by atoms with Gasteiger partial charge in [0, 0.05) is 36.1 Å². The van der Waals surface area contributed by atoms with Crippen molar-refractivity contribution < 1.29 is 31.9 Å². The van der Waals surface area contributed by atoms with Crippen molar-refractivity contribution in [2.75, 3.05) is 5.32 Å². The quantitative estimate of drug-likeness (QED) is 0.160. The minimum absolute atomic E-state index is 0.147. The molecule has 1 aliphatic carbocycles. The van der Waals surface area contributed by atoms with E-state index in [-0.39, 0.29) is 27.7 Å². The Balaban J connectivity index is 1.57. The molecule has 0 radical (unpaired) electrons. The van der Waals surface area contributed by atoms with Gasteiger partial charge in [0.05, 0.1) is 21.5 Å². The zero-order valence-electron chi connectivity index (χ0n) is 19.9. The first-order chi connectivity index (χ1) is 18.2. The first-order valence-electron chi connectivity index (χ1n) is 11.3. The van der Waals surface area contributed by atoms with E-state index in [0.717, 1.165) is 18.2 Å². The second-order valence-electron chi connectivity index (χ2n) is 9.09. The largest absolute Gasteiger partial charge is 0.326 e. The van der Waals surface area contributed by atoms with Crippen molar-refractivity contribution in [1.82, 2.24) is 0 Å². The molecule has 1 fully saturated rings. The van der Waals surface area contributed by atoms with Gasteiger partial charge in [-0.05, 0) is 42.3 Å². The third-order valence-electron chi connectivity index (χ3n) is 6.28. The summed E-state index contributed by atoms with van der Waals surface area (Å²) in [6.07, 6.45) is -1.31. The van der Waals surface area contributed by atoms with Crippen molar-refractivity contribution in [2.24, 2.45) is 5.92 Å². The van der Waals surface area contributed by atoms with Gasteiger partial charge in [0.2, 0.25) is 5.91 Å². The van der Waals surface area contributed by atoms with E-state index in [2.05, 4.69) is 5.32 Å². The van der Waals surface area contributed by atoms with Crippen molar-refractivity contribution in [3.63, 3.8) is 0 Å². The summed E-state index contributed by atoms with van der Waals surface area (Å²) >= 11 is 24.6. The highest BCUT2D eigenvalue weighted by Gasteiger charge is 2.67. The number of carbonyl (C=O) groups excluding carboxylic acids is 3. The maximum atomic E-state index is 14.8. The Morgan fingerprint density at radius 2 is 1.56 bits per heavy atom. The summed E-state index contributed by atoms with van der Waals surface area (Å²) < 4.78 is 56.5. The van der Waals surface area contributed by atoms with Crippen LogP contribution in [0.2, 0.25) is 10.0 Å². The third-order valence-corrected chi connectivity index (χ3v) is 7.96. The highest BCUT2D eigenvalue weighted by molar-refractivity contribution is 6.53. The van der Waals surface area contributed by atoms with Crippen LogP contribution in [-0.4, -0.2) is 21.8 Å². The van der Waals surface area contributed by atoms with Gasteiger partial charge in [-0.15, -0.1) is 23.2 Å². The van der Waals surface area contributed by atoms with Crippen LogP contribution in [0.3, 0.4) is 0 Å². The number of anilines is 1. The lowest BCUT2D eigenvalue weighted by molar-refractivity contribution is -0.117. The van der Waals surface area contributed by atoms with Crippen LogP contribution in [0.15, 0.2) is 42.5 Å². The average Bonchev–Trinajstić information content (AvgIpc) is 3.44. The molecule has 0 unspecified atom stereocenters. The summed E-state index contributed by atoms with van der Waals surface area (Å²) in [7, 11) is 0. The van der Waals surface area contributed by atoms with Gasteiger partial charge in [-0.2, -0.15) is 0 Å². The van der Waals surface area contributed by atoms with Crippen LogP contribution >= 0.6 is 46.4 Å². The summed E-state index contributed by atoms with van der Waals surface area (Å²) in [5.41, 5.74) is -1.49. The number of Topliss-reactive ketones (excluding diaryl/α,β-unsaturated/α-hetero) is 2. The number of amides is 1. The van der Waals surface area contributed by atoms with Gasteiger partial charge < -0.3 is 5.32 Å². The van der Waals surface area contributed by atoms with Gasteiger partial charge in [0.15, 0.2) is 17.4 Å². The Morgan fingerprint density at radius 1 is 0.872 bits per heavy atom. The van der Waals surface area contributed by atoms with Crippen LogP contribution in [0.25, 0.3) is 0 Å². The Hall–Kier alpha value is -2.65. The smallest absolute Gasteiger partial charge is 0.231 e. The summed E-state index contributed by atoms with van der Waals surface area (Å²) in [5, 5.41) is 2.85. The number of ketones is 2. The van der Waals surface area contributed by atoms with Gasteiger partial charge in [-0.3, -0.25) is 14.4 Å². The SMILES string of the molecule is CC(=O)Cc1ccc(F)c(CC(=O)c2cc(NC(=O)[C@H]3[C@H](c4ccc(Cl)c(Cl)c4)C3(Cl)Cl)cc(F)c2F)c1F. The van der Waals surface area contributed by atoms with Crippen LogP contribution < -0.4 is 5.32 Å².